The summed E-state index contributed by atoms with van der Waals surface area (Å²) in [5, 5.41) is 6.21. The Morgan fingerprint density at radius 3 is 2.57 bits per heavy atom. The fraction of sp³-hybridized carbons (Fsp3) is 0.448. The van der Waals surface area contributed by atoms with Crippen molar-refractivity contribution in [3.8, 4) is 5.75 Å². The van der Waals surface area contributed by atoms with E-state index in [1.165, 1.54) is 29.5 Å². The summed E-state index contributed by atoms with van der Waals surface area (Å²) in [5.41, 5.74) is 9.38. The fourth-order valence-corrected chi connectivity index (χ4v) is 3.79. The topological polar surface area (TPSA) is 103 Å². The molecule has 0 saturated heterocycles. The van der Waals surface area contributed by atoms with Gasteiger partial charge < -0.3 is 25.8 Å². The number of halogens is 1. The minimum absolute atomic E-state index is 0.0155. The van der Waals surface area contributed by atoms with Crippen LogP contribution in [-0.2, 0) is 33.7 Å². The van der Waals surface area contributed by atoms with Crippen LogP contribution in [0.4, 0.5) is 4.39 Å². The Kier molecular flexibility index (Phi) is 14.0. The molecule has 0 spiro atoms. The molecule has 7 nitrogen and oxygen atoms in total. The average molecular weight is 514 g/mol. The molecule has 2 amide bonds. The molecule has 202 valence electrons. The molecule has 0 aliphatic carbocycles. The second-order valence-corrected chi connectivity index (χ2v) is 9.00. The number of carbonyl (C=O) groups excluding carboxylic acids is 2. The van der Waals surface area contributed by atoms with Gasteiger partial charge in [0.2, 0.25) is 11.8 Å². The van der Waals surface area contributed by atoms with Crippen molar-refractivity contribution in [2.75, 3.05) is 26.8 Å². The summed E-state index contributed by atoms with van der Waals surface area (Å²) in [6, 6.07) is 13.3. The molecule has 0 radical (unpaired) electrons. The molecule has 0 saturated carbocycles. The molecule has 0 atom stereocenters. The zero-order valence-corrected chi connectivity index (χ0v) is 22.0. The van der Waals surface area contributed by atoms with E-state index in [0.29, 0.717) is 25.3 Å². The highest BCUT2D eigenvalue weighted by Crippen LogP contribution is 2.19. The Labute approximate surface area is 219 Å². The molecular formula is C29H40FN3O4. The number of ether oxygens (including phenoxy) is 2. The van der Waals surface area contributed by atoms with Gasteiger partial charge in [-0.1, -0.05) is 31.2 Å². The van der Waals surface area contributed by atoms with Gasteiger partial charge in [0.25, 0.3) is 0 Å². The molecule has 2 rings (SSSR count). The zero-order valence-electron chi connectivity index (χ0n) is 22.0. The van der Waals surface area contributed by atoms with Gasteiger partial charge in [-0.25, -0.2) is 4.39 Å². The molecule has 37 heavy (non-hydrogen) atoms. The molecule has 0 bridgehead atoms. The van der Waals surface area contributed by atoms with Gasteiger partial charge in [-0.3, -0.25) is 9.59 Å². The first-order valence-electron chi connectivity index (χ1n) is 12.9. The van der Waals surface area contributed by atoms with Crippen LogP contribution in [0.3, 0.4) is 0 Å². The number of aryl methyl sites for hydroxylation is 2. The molecule has 0 fully saturated rings. The van der Waals surface area contributed by atoms with E-state index >= 15 is 0 Å². The summed E-state index contributed by atoms with van der Waals surface area (Å²) >= 11 is 0. The van der Waals surface area contributed by atoms with Gasteiger partial charge in [0.15, 0.2) is 0 Å². The quantitative estimate of drug-likeness (QED) is 0.205. The summed E-state index contributed by atoms with van der Waals surface area (Å²) in [7, 11) is 1.57. The maximum absolute atomic E-state index is 14.2. The van der Waals surface area contributed by atoms with Crippen molar-refractivity contribution >= 4 is 11.8 Å². The van der Waals surface area contributed by atoms with Crippen LogP contribution >= 0.6 is 0 Å². The normalized spacial score (nSPS) is 11.4. The second-order valence-electron chi connectivity index (χ2n) is 9.00. The maximum atomic E-state index is 14.2. The van der Waals surface area contributed by atoms with E-state index in [1.54, 1.807) is 7.11 Å². The largest absolute Gasteiger partial charge is 0.465 e. The van der Waals surface area contributed by atoms with Gasteiger partial charge in [-0.05, 0) is 73.0 Å². The third kappa shape index (κ3) is 13.0. The van der Waals surface area contributed by atoms with E-state index < -0.39 is 5.91 Å². The van der Waals surface area contributed by atoms with Gasteiger partial charge in [0, 0.05) is 39.1 Å². The highest BCUT2D eigenvalue weighted by atomic mass is 19.1. The molecule has 2 aromatic carbocycles. The van der Waals surface area contributed by atoms with E-state index in [9.17, 15) is 14.0 Å². The number of nitrogens with two attached hydrogens (primary N) is 1. The first kappa shape index (κ1) is 30.0. The van der Waals surface area contributed by atoms with Crippen molar-refractivity contribution in [1.82, 2.24) is 10.6 Å². The summed E-state index contributed by atoms with van der Waals surface area (Å²) in [5.74, 6) is -0.678. The smallest absolute Gasteiger partial charge is 0.220 e. The number of benzene rings is 2. The number of primary amides is 1. The fourth-order valence-electron chi connectivity index (χ4n) is 3.79. The summed E-state index contributed by atoms with van der Waals surface area (Å²) in [6.07, 6.45) is 5.82. The zero-order chi connectivity index (χ0) is 26.9. The van der Waals surface area contributed by atoms with E-state index in [0.717, 1.165) is 49.9 Å². The van der Waals surface area contributed by atoms with Crippen molar-refractivity contribution in [2.45, 2.75) is 58.4 Å². The number of hydrogen-bond acceptors (Lipinski definition) is 5. The molecule has 0 aromatic heterocycles. The Morgan fingerprint density at radius 2 is 1.81 bits per heavy atom. The molecule has 0 heterocycles. The number of nitrogens with one attached hydrogen (secondary N) is 2. The lowest BCUT2D eigenvalue weighted by atomic mass is 10.1. The molecule has 8 heteroatoms. The van der Waals surface area contributed by atoms with E-state index in [2.05, 4.69) is 41.8 Å². The summed E-state index contributed by atoms with van der Waals surface area (Å²) in [6.45, 7) is 4.58. The van der Waals surface area contributed by atoms with E-state index in [4.69, 9.17) is 15.2 Å². The average Bonchev–Trinajstić information content (AvgIpc) is 2.88. The lowest BCUT2D eigenvalue weighted by Crippen LogP contribution is -2.26. The lowest BCUT2D eigenvalue weighted by Gasteiger charge is -2.10. The van der Waals surface area contributed by atoms with Crippen molar-refractivity contribution in [2.24, 2.45) is 5.73 Å². The number of hydrogen-bond donors (Lipinski definition) is 3. The lowest BCUT2D eigenvalue weighted by molar-refractivity contribution is -0.125. The first-order valence-corrected chi connectivity index (χ1v) is 12.9. The van der Waals surface area contributed by atoms with Crippen LogP contribution in [0.15, 0.2) is 54.3 Å². The van der Waals surface area contributed by atoms with Gasteiger partial charge in [-0.15, -0.1) is 0 Å². The number of carbonyl (C=O) groups is 2. The predicted octanol–water partition coefficient (Wildman–Crippen LogP) is 4.18. The van der Waals surface area contributed by atoms with Crippen LogP contribution in [0.25, 0.3) is 0 Å². The molecular weight excluding hydrogens is 473 g/mol. The third-order valence-corrected chi connectivity index (χ3v) is 5.79. The number of methoxy groups -OCH3 is 1. The SMILES string of the molecule is CCc1cccc(CNCCCCc2cc(F)cc(O/C=C(\CCNC(=O)CCC(N)=O)COC)c2)c1. The molecule has 0 aliphatic heterocycles. The standard InChI is InChI=1S/C29H40FN3O4/c1-3-22-8-6-9-24(15-22)19-32-13-5-4-7-23-16-26(30)18-27(17-23)37-21-25(20-36-2)12-14-33-29(35)11-10-28(31)34/h6,8-9,15-18,21,32H,3-5,7,10-14,19-20H2,1-2H3,(H2,31,34)(H,33,35)/b25-21+. The molecule has 2 aromatic rings. The van der Waals surface area contributed by atoms with Crippen LogP contribution in [0.1, 0.15) is 55.7 Å². The van der Waals surface area contributed by atoms with Crippen molar-refractivity contribution in [3.05, 3.63) is 76.8 Å². The van der Waals surface area contributed by atoms with Gasteiger partial charge in [0.05, 0.1) is 12.9 Å². The Morgan fingerprint density at radius 1 is 1.00 bits per heavy atom. The Bertz CT molecular complexity index is 1030. The van der Waals surface area contributed by atoms with E-state index in [1.807, 2.05) is 6.07 Å². The van der Waals surface area contributed by atoms with Crippen molar-refractivity contribution < 1.29 is 23.5 Å². The van der Waals surface area contributed by atoms with Crippen LogP contribution < -0.4 is 21.1 Å². The van der Waals surface area contributed by atoms with Crippen LogP contribution in [0, 0.1) is 5.82 Å². The number of unbranched alkanes of at least 4 members (excludes halogenated alkanes) is 1. The number of amides is 2. The second kappa shape index (κ2) is 17.3. The van der Waals surface area contributed by atoms with Crippen LogP contribution in [0.5, 0.6) is 5.75 Å². The monoisotopic (exact) mass is 513 g/mol. The maximum Gasteiger partial charge on any atom is 0.220 e. The minimum atomic E-state index is -0.511. The molecule has 0 aliphatic rings. The van der Waals surface area contributed by atoms with Crippen LogP contribution in [-0.4, -0.2) is 38.6 Å². The number of rotatable bonds is 18. The molecule has 0 unspecified atom stereocenters. The van der Waals surface area contributed by atoms with Crippen molar-refractivity contribution in [3.63, 3.8) is 0 Å². The highest BCUT2D eigenvalue weighted by molar-refractivity contribution is 5.82. The summed E-state index contributed by atoms with van der Waals surface area (Å²) < 4.78 is 25.1. The highest BCUT2D eigenvalue weighted by Gasteiger charge is 2.06. The van der Waals surface area contributed by atoms with Crippen LogP contribution in [0.2, 0.25) is 0 Å². The predicted molar refractivity (Wildman–Crippen MR) is 144 cm³/mol. The van der Waals surface area contributed by atoms with Gasteiger partial charge in [0.1, 0.15) is 11.6 Å². The van der Waals surface area contributed by atoms with Gasteiger partial charge >= 0.3 is 0 Å². The summed E-state index contributed by atoms with van der Waals surface area (Å²) in [4.78, 5) is 22.5. The Hall–Kier alpha value is -3.23. The minimum Gasteiger partial charge on any atom is -0.465 e. The third-order valence-electron chi connectivity index (χ3n) is 5.79. The van der Waals surface area contributed by atoms with Crippen molar-refractivity contribution in [1.29, 1.82) is 0 Å². The van der Waals surface area contributed by atoms with E-state index in [-0.39, 0.29) is 24.6 Å². The van der Waals surface area contributed by atoms with Gasteiger partial charge in [-0.2, -0.15) is 0 Å². The Balaban J connectivity index is 1.77. The molecule has 4 N–H and O–H groups in total. The first-order chi connectivity index (χ1) is 17.9.